The Kier molecular flexibility index (Phi) is 4.56. The summed E-state index contributed by atoms with van der Waals surface area (Å²) in [5.41, 5.74) is 0.416. The van der Waals surface area contributed by atoms with Crippen LogP contribution in [0.4, 0.5) is 5.69 Å². The Bertz CT molecular complexity index is 640. The van der Waals surface area contributed by atoms with Crippen molar-refractivity contribution < 1.29 is 19.4 Å². The molecule has 0 bridgehead atoms. The van der Waals surface area contributed by atoms with Gasteiger partial charge in [-0.1, -0.05) is 30.3 Å². The second-order valence-electron chi connectivity index (χ2n) is 4.38. The number of rotatable bonds is 5. The normalized spacial score (nSPS) is 9.95. The van der Waals surface area contributed by atoms with E-state index >= 15 is 0 Å². The van der Waals surface area contributed by atoms with Gasteiger partial charge in [0.05, 0.1) is 11.3 Å². The number of carbonyl (C=O) groups excluding carboxylic acids is 1. The van der Waals surface area contributed by atoms with Gasteiger partial charge in [0, 0.05) is 7.05 Å². The molecule has 5 nitrogen and oxygen atoms in total. The van der Waals surface area contributed by atoms with E-state index in [1.165, 1.54) is 18.0 Å². The van der Waals surface area contributed by atoms with Gasteiger partial charge in [-0.15, -0.1) is 0 Å². The highest BCUT2D eigenvalue weighted by molar-refractivity contribution is 6.02. The number of carboxylic acid groups (broad SMARTS) is 1. The van der Waals surface area contributed by atoms with Crippen molar-refractivity contribution in [3.05, 3.63) is 60.2 Å². The molecule has 0 atom stereocenters. The van der Waals surface area contributed by atoms with Crippen molar-refractivity contribution in [3.63, 3.8) is 0 Å². The molecule has 0 fully saturated rings. The largest absolute Gasteiger partial charge is 0.484 e. The van der Waals surface area contributed by atoms with Gasteiger partial charge in [0.1, 0.15) is 5.75 Å². The third-order valence-corrected chi connectivity index (χ3v) is 2.98. The summed E-state index contributed by atoms with van der Waals surface area (Å²) in [4.78, 5) is 24.5. The number of hydrogen-bond acceptors (Lipinski definition) is 3. The number of anilines is 1. The molecule has 0 saturated carbocycles. The van der Waals surface area contributed by atoms with Gasteiger partial charge in [-0.3, -0.25) is 4.79 Å². The zero-order valence-electron chi connectivity index (χ0n) is 11.5. The van der Waals surface area contributed by atoms with Crippen molar-refractivity contribution in [2.24, 2.45) is 0 Å². The van der Waals surface area contributed by atoms with Crippen molar-refractivity contribution in [2.45, 2.75) is 0 Å². The maximum Gasteiger partial charge on any atom is 0.337 e. The molecular weight excluding hydrogens is 270 g/mol. The number of ether oxygens (including phenoxy) is 1. The predicted octanol–water partition coefficient (Wildman–Crippen LogP) is 2.43. The molecule has 2 aromatic carbocycles. The first-order chi connectivity index (χ1) is 10.1. The SMILES string of the molecule is CN(C(=O)COc1ccccc1)c1ccccc1C(=O)O. The molecule has 5 heteroatoms. The van der Waals surface area contributed by atoms with Crippen LogP contribution in [0.1, 0.15) is 10.4 Å². The lowest BCUT2D eigenvalue weighted by molar-refractivity contribution is -0.120. The van der Waals surface area contributed by atoms with Crippen LogP contribution in [-0.2, 0) is 4.79 Å². The molecule has 0 heterocycles. The molecule has 0 aliphatic rings. The van der Waals surface area contributed by atoms with Crippen molar-refractivity contribution in [1.29, 1.82) is 0 Å². The lowest BCUT2D eigenvalue weighted by Gasteiger charge is -2.19. The average Bonchev–Trinajstić information content (AvgIpc) is 2.52. The Morgan fingerprint density at radius 1 is 1.05 bits per heavy atom. The van der Waals surface area contributed by atoms with E-state index in [2.05, 4.69) is 0 Å². The predicted molar refractivity (Wildman–Crippen MR) is 78.7 cm³/mol. The van der Waals surface area contributed by atoms with Gasteiger partial charge in [0.2, 0.25) is 0 Å². The zero-order valence-corrected chi connectivity index (χ0v) is 11.5. The lowest BCUT2D eigenvalue weighted by atomic mass is 10.1. The second kappa shape index (κ2) is 6.56. The van der Waals surface area contributed by atoms with Gasteiger partial charge in [0.25, 0.3) is 5.91 Å². The molecule has 0 spiro atoms. The number of nitrogens with zero attached hydrogens (tertiary/aromatic N) is 1. The molecule has 2 rings (SSSR count). The van der Waals surface area contributed by atoms with E-state index in [1.807, 2.05) is 18.2 Å². The third-order valence-electron chi connectivity index (χ3n) is 2.98. The van der Waals surface area contributed by atoms with Gasteiger partial charge in [-0.2, -0.15) is 0 Å². The topological polar surface area (TPSA) is 66.8 Å². The molecule has 0 aromatic heterocycles. The van der Waals surface area contributed by atoms with Crippen LogP contribution in [0.2, 0.25) is 0 Å². The Morgan fingerprint density at radius 3 is 2.33 bits per heavy atom. The smallest absolute Gasteiger partial charge is 0.337 e. The molecular formula is C16H15NO4. The van der Waals surface area contributed by atoms with Crippen LogP contribution in [0, 0.1) is 0 Å². The fourth-order valence-electron chi connectivity index (χ4n) is 1.84. The summed E-state index contributed by atoms with van der Waals surface area (Å²) >= 11 is 0. The summed E-state index contributed by atoms with van der Waals surface area (Å²) in [7, 11) is 1.53. The number of carbonyl (C=O) groups is 2. The van der Waals surface area contributed by atoms with Gasteiger partial charge < -0.3 is 14.7 Å². The van der Waals surface area contributed by atoms with Crippen LogP contribution in [0.25, 0.3) is 0 Å². The number of para-hydroxylation sites is 2. The minimum Gasteiger partial charge on any atom is -0.484 e. The summed E-state index contributed by atoms with van der Waals surface area (Å²) in [5.74, 6) is -0.812. The number of likely N-dealkylation sites (N-methyl/N-ethyl adjacent to an activating group) is 1. The van der Waals surface area contributed by atoms with E-state index in [9.17, 15) is 9.59 Å². The number of benzene rings is 2. The Balaban J connectivity index is 2.08. The quantitative estimate of drug-likeness (QED) is 0.916. The van der Waals surface area contributed by atoms with Crippen LogP contribution < -0.4 is 9.64 Å². The van der Waals surface area contributed by atoms with E-state index in [0.717, 1.165) is 0 Å². The Labute approximate surface area is 122 Å². The van der Waals surface area contributed by atoms with E-state index in [0.29, 0.717) is 11.4 Å². The zero-order chi connectivity index (χ0) is 15.2. The average molecular weight is 285 g/mol. The minimum absolute atomic E-state index is 0.0769. The Morgan fingerprint density at radius 2 is 1.67 bits per heavy atom. The van der Waals surface area contributed by atoms with Crippen molar-refractivity contribution in [2.75, 3.05) is 18.6 Å². The summed E-state index contributed by atoms with van der Waals surface area (Å²) in [6.07, 6.45) is 0. The van der Waals surface area contributed by atoms with Gasteiger partial charge in [0.15, 0.2) is 6.61 Å². The van der Waals surface area contributed by atoms with Gasteiger partial charge in [-0.25, -0.2) is 4.79 Å². The maximum absolute atomic E-state index is 12.1. The lowest BCUT2D eigenvalue weighted by Crippen LogP contribution is -2.32. The van der Waals surface area contributed by atoms with Crippen molar-refractivity contribution >= 4 is 17.6 Å². The third kappa shape index (κ3) is 3.60. The number of carboxylic acids is 1. The first kappa shape index (κ1) is 14.6. The number of hydrogen-bond donors (Lipinski definition) is 1. The van der Waals surface area contributed by atoms with Crippen LogP contribution >= 0.6 is 0 Å². The van der Waals surface area contributed by atoms with Gasteiger partial charge in [-0.05, 0) is 24.3 Å². The summed E-state index contributed by atoms with van der Waals surface area (Å²) in [6.45, 7) is -0.158. The highest BCUT2D eigenvalue weighted by Crippen LogP contribution is 2.19. The first-order valence-electron chi connectivity index (χ1n) is 6.36. The van der Waals surface area contributed by atoms with Crippen LogP contribution in [0.15, 0.2) is 54.6 Å². The summed E-state index contributed by atoms with van der Waals surface area (Å²) in [5, 5.41) is 9.14. The number of amides is 1. The first-order valence-corrected chi connectivity index (χ1v) is 6.36. The van der Waals surface area contributed by atoms with E-state index < -0.39 is 5.97 Å². The van der Waals surface area contributed by atoms with Crippen LogP contribution in [-0.4, -0.2) is 30.6 Å². The van der Waals surface area contributed by atoms with Gasteiger partial charge >= 0.3 is 5.97 Å². The van der Waals surface area contributed by atoms with E-state index in [4.69, 9.17) is 9.84 Å². The Hall–Kier alpha value is -2.82. The molecule has 0 aliphatic heterocycles. The van der Waals surface area contributed by atoms with Crippen LogP contribution in [0.5, 0.6) is 5.75 Å². The minimum atomic E-state index is -1.07. The highest BCUT2D eigenvalue weighted by atomic mass is 16.5. The van der Waals surface area contributed by atoms with E-state index in [-0.39, 0.29) is 18.1 Å². The molecule has 2 aromatic rings. The fourth-order valence-corrected chi connectivity index (χ4v) is 1.84. The standard InChI is InChI=1S/C16H15NO4/c1-17(14-10-6-5-9-13(14)16(19)20)15(18)11-21-12-7-3-2-4-8-12/h2-10H,11H2,1H3,(H,19,20). The summed E-state index contributed by atoms with van der Waals surface area (Å²) < 4.78 is 5.37. The fraction of sp³-hybridized carbons (Fsp3) is 0.125. The maximum atomic E-state index is 12.1. The monoisotopic (exact) mass is 285 g/mol. The molecule has 108 valence electrons. The van der Waals surface area contributed by atoms with Crippen molar-refractivity contribution in [3.8, 4) is 5.75 Å². The molecule has 0 unspecified atom stereocenters. The van der Waals surface area contributed by atoms with Crippen molar-refractivity contribution in [1.82, 2.24) is 0 Å². The molecule has 0 radical (unpaired) electrons. The number of aromatic carboxylic acids is 1. The molecule has 1 amide bonds. The molecule has 21 heavy (non-hydrogen) atoms. The molecule has 0 saturated heterocycles. The molecule has 0 aliphatic carbocycles. The molecule has 1 N–H and O–H groups in total. The summed E-state index contributed by atoms with van der Waals surface area (Å²) in [6, 6.07) is 15.3. The van der Waals surface area contributed by atoms with E-state index in [1.54, 1.807) is 30.3 Å². The highest BCUT2D eigenvalue weighted by Gasteiger charge is 2.18. The van der Waals surface area contributed by atoms with Crippen LogP contribution in [0.3, 0.4) is 0 Å². The second-order valence-corrected chi connectivity index (χ2v) is 4.38.